The van der Waals surface area contributed by atoms with Crippen LogP contribution in [0.1, 0.15) is 31.0 Å². The Kier molecular flexibility index (Phi) is 5.13. The van der Waals surface area contributed by atoms with Crippen LogP contribution in [0.5, 0.6) is 0 Å². The van der Waals surface area contributed by atoms with Crippen LogP contribution in [0.3, 0.4) is 0 Å². The monoisotopic (exact) mass is 280 g/mol. The average Bonchev–Trinajstić information content (AvgIpc) is 2.39. The van der Waals surface area contributed by atoms with Crippen molar-refractivity contribution >= 4 is 0 Å². The van der Waals surface area contributed by atoms with Crippen molar-refractivity contribution in [2.75, 3.05) is 26.7 Å². The lowest BCUT2D eigenvalue weighted by Gasteiger charge is -2.44. The van der Waals surface area contributed by atoms with E-state index in [1.54, 1.807) is 12.1 Å². The van der Waals surface area contributed by atoms with Gasteiger partial charge in [0.1, 0.15) is 5.82 Å². The van der Waals surface area contributed by atoms with Crippen molar-refractivity contribution < 1.29 is 9.13 Å². The number of benzene rings is 1. The topological polar surface area (TPSA) is 24.5 Å². The minimum absolute atomic E-state index is 0.0975. The van der Waals surface area contributed by atoms with Crippen molar-refractivity contribution in [2.24, 2.45) is 0 Å². The molecule has 2 atom stereocenters. The second kappa shape index (κ2) is 6.66. The van der Waals surface area contributed by atoms with Gasteiger partial charge in [0.25, 0.3) is 0 Å². The summed E-state index contributed by atoms with van der Waals surface area (Å²) < 4.78 is 19.3. The van der Waals surface area contributed by atoms with E-state index in [1.165, 1.54) is 5.56 Å². The lowest BCUT2D eigenvalue weighted by atomic mass is 9.93. The normalized spacial score (nSPS) is 24.3. The summed E-state index contributed by atoms with van der Waals surface area (Å²) >= 11 is 0. The maximum Gasteiger partial charge on any atom is 0.123 e. The molecule has 0 radical (unpaired) electrons. The second-order valence-electron chi connectivity index (χ2n) is 5.74. The van der Waals surface area contributed by atoms with Gasteiger partial charge in [0.2, 0.25) is 0 Å². The van der Waals surface area contributed by atoms with Gasteiger partial charge < -0.3 is 10.1 Å². The van der Waals surface area contributed by atoms with Gasteiger partial charge in [-0.15, -0.1) is 0 Å². The number of nitrogens with zero attached hydrogens (tertiary/aromatic N) is 1. The zero-order valence-electron chi connectivity index (χ0n) is 12.8. The molecule has 0 aliphatic carbocycles. The number of ether oxygens (including phenoxy) is 1. The van der Waals surface area contributed by atoms with Gasteiger partial charge in [-0.1, -0.05) is 6.07 Å². The molecule has 3 nitrogen and oxygen atoms in total. The molecule has 0 amide bonds. The van der Waals surface area contributed by atoms with E-state index in [-0.39, 0.29) is 18.0 Å². The minimum atomic E-state index is -0.177. The second-order valence-corrected chi connectivity index (χ2v) is 5.74. The van der Waals surface area contributed by atoms with E-state index in [0.29, 0.717) is 6.04 Å². The Morgan fingerprint density at radius 2 is 2.20 bits per heavy atom. The van der Waals surface area contributed by atoms with Gasteiger partial charge in [0, 0.05) is 19.1 Å². The lowest BCUT2D eigenvalue weighted by molar-refractivity contribution is -0.0817. The summed E-state index contributed by atoms with van der Waals surface area (Å²) in [7, 11) is 1.94. The number of nitrogens with one attached hydrogen (secondary N) is 1. The highest BCUT2D eigenvalue weighted by Crippen LogP contribution is 2.33. The van der Waals surface area contributed by atoms with E-state index in [1.807, 2.05) is 20.0 Å². The number of hydrogen-bond donors (Lipinski definition) is 1. The molecule has 1 saturated heterocycles. The Bertz CT molecular complexity index is 448. The van der Waals surface area contributed by atoms with Gasteiger partial charge in [-0.2, -0.15) is 0 Å². The van der Waals surface area contributed by atoms with Crippen LogP contribution in [-0.4, -0.2) is 43.8 Å². The van der Waals surface area contributed by atoms with Crippen molar-refractivity contribution in [3.63, 3.8) is 0 Å². The van der Waals surface area contributed by atoms with E-state index in [2.05, 4.69) is 24.1 Å². The Morgan fingerprint density at radius 1 is 1.45 bits per heavy atom. The van der Waals surface area contributed by atoms with E-state index < -0.39 is 0 Å². The quantitative estimate of drug-likeness (QED) is 0.917. The number of hydrogen-bond acceptors (Lipinski definition) is 3. The molecule has 0 bridgehead atoms. The third kappa shape index (κ3) is 3.19. The maximum absolute atomic E-state index is 13.4. The third-order valence-electron chi connectivity index (χ3n) is 4.01. The van der Waals surface area contributed by atoms with Crippen LogP contribution in [-0.2, 0) is 4.74 Å². The first kappa shape index (κ1) is 15.4. The molecule has 0 spiro atoms. The van der Waals surface area contributed by atoms with Crippen LogP contribution in [0.4, 0.5) is 4.39 Å². The molecule has 2 unspecified atom stereocenters. The first-order chi connectivity index (χ1) is 9.54. The molecule has 1 heterocycles. The molecule has 1 aromatic rings. The standard InChI is InChI=1S/C16H25FN2O/c1-11(2)19-7-8-20-15(10-18-4)16(19)14-6-5-13(17)9-12(14)3/h5-6,9,11,15-16,18H,7-8,10H2,1-4H3. The molecule has 2 rings (SSSR count). The smallest absolute Gasteiger partial charge is 0.123 e. The van der Waals surface area contributed by atoms with Crippen LogP contribution < -0.4 is 5.32 Å². The molecule has 112 valence electrons. The highest BCUT2D eigenvalue weighted by atomic mass is 19.1. The third-order valence-corrected chi connectivity index (χ3v) is 4.01. The van der Waals surface area contributed by atoms with E-state index in [4.69, 9.17) is 4.74 Å². The highest BCUT2D eigenvalue weighted by molar-refractivity contribution is 5.31. The Labute approximate surface area is 121 Å². The summed E-state index contributed by atoms with van der Waals surface area (Å²) in [5.41, 5.74) is 2.16. The largest absolute Gasteiger partial charge is 0.374 e. The van der Waals surface area contributed by atoms with Gasteiger partial charge in [-0.3, -0.25) is 4.90 Å². The number of likely N-dealkylation sites (N-methyl/N-ethyl adjacent to an activating group) is 1. The molecule has 1 N–H and O–H groups in total. The Balaban J connectivity index is 2.37. The van der Waals surface area contributed by atoms with Crippen molar-refractivity contribution in [1.29, 1.82) is 0 Å². The van der Waals surface area contributed by atoms with E-state index >= 15 is 0 Å². The lowest BCUT2D eigenvalue weighted by Crippen LogP contribution is -2.51. The van der Waals surface area contributed by atoms with Crippen LogP contribution in [0.25, 0.3) is 0 Å². The molecule has 0 aromatic heterocycles. The fraction of sp³-hybridized carbons (Fsp3) is 0.625. The van der Waals surface area contributed by atoms with Crippen LogP contribution in [0.15, 0.2) is 18.2 Å². The summed E-state index contributed by atoms with van der Waals surface area (Å²) in [4.78, 5) is 2.45. The van der Waals surface area contributed by atoms with Gasteiger partial charge in [-0.05, 0) is 51.1 Å². The maximum atomic E-state index is 13.4. The van der Waals surface area contributed by atoms with E-state index in [9.17, 15) is 4.39 Å². The Morgan fingerprint density at radius 3 is 2.80 bits per heavy atom. The zero-order chi connectivity index (χ0) is 14.7. The van der Waals surface area contributed by atoms with Gasteiger partial charge in [0.05, 0.1) is 18.8 Å². The SMILES string of the molecule is CNCC1OCCN(C(C)C)C1c1ccc(F)cc1C. The molecule has 4 heteroatoms. The average molecular weight is 280 g/mol. The summed E-state index contributed by atoms with van der Waals surface area (Å²) in [6.45, 7) is 8.84. The van der Waals surface area contributed by atoms with Crippen LogP contribution >= 0.6 is 0 Å². The number of halogens is 1. The van der Waals surface area contributed by atoms with Crippen LogP contribution in [0.2, 0.25) is 0 Å². The van der Waals surface area contributed by atoms with Gasteiger partial charge >= 0.3 is 0 Å². The van der Waals surface area contributed by atoms with Crippen molar-refractivity contribution in [2.45, 2.75) is 39.0 Å². The summed E-state index contributed by atoms with van der Waals surface area (Å²) in [6.07, 6.45) is 0.0975. The van der Waals surface area contributed by atoms with Crippen molar-refractivity contribution in [1.82, 2.24) is 10.2 Å². The first-order valence-electron chi connectivity index (χ1n) is 7.32. The van der Waals surface area contributed by atoms with Crippen molar-refractivity contribution in [3.05, 3.63) is 35.1 Å². The molecular weight excluding hydrogens is 255 g/mol. The molecule has 1 aliphatic rings. The number of morpholine rings is 1. The number of aryl methyl sites for hydroxylation is 1. The molecule has 1 aliphatic heterocycles. The Hall–Kier alpha value is -0.970. The zero-order valence-corrected chi connectivity index (χ0v) is 12.8. The van der Waals surface area contributed by atoms with Gasteiger partial charge in [0.15, 0.2) is 0 Å². The molecule has 1 aromatic carbocycles. The first-order valence-corrected chi connectivity index (χ1v) is 7.32. The van der Waals surface area contributed by atoms with Crippen LogP contribution in [0, 0.1) is 12.7 Å². The number of rotatable bonds is 4. The fourth-order valence-electron chi connectivity index (χ4n) is 3.05. The molecule has 20 heavy (non-hydrogen) atoms. The summed E-state index contributed by atoms with van der Waals surface area (Å²) in [5.74, 6) is -0.177. The predicted molar refractivity (Wildman–Crippen MR) is 79.4 cm³/mol. The fourth-order valence-corrected chi connectivity index (χ4v) is 3.05. The predicted octanol–water partition coefficient (Wildman–Crippen LogP) is 2.50. The molecular formula is C16H25FN2O. The van der Waals surface area contributed by atoms with Gasteiger partial charge in [-0.25, -0.2) is 4.39 Å². The molecule has 0 saturated carbocycles. The minimum Gasteiger partial charge on any atom is -0.374 e. The summed E-state index contributed by atoms with van der Waals surface area (Å²) in [6, 6.07) is 5.68. The van der Waals surface area contributed by atoms with E-state index in [0.717, 1.165) is 25.3 Å². The summed E-state index contributed by atoms with van der Waals surface area (Å²) in [5, 5.41) is 3.20. The van der Waals surface area contributed by atoms with Crippen molar-refractivity contribution in [3.8, 4) is 0 Å². The molecule has 1 fully saturated rings. The highest BCUT2D eigenvalue weighted by Gasteiger charge is 2.35.